The smallest absolute Gasteiger partial charge is 0.179 e. The maximum absolute atomic E-state index is 9.25. The molecule has 4 rings (SSSR count). The lowest BCUT2D eigenvalue weighted by molar-refractivity contribution is 0.369. The molecule has 0 saturated carbocycles. The minimum atomic E-state index is 0.160. The zero-order valence-corrected chi connectivity index (χ0v) is 13.2. The lowest BCUT2D eigenvalue weighted by Gasteiger charge is -2.16. The van der Waals surface area contributed by atoms with Crippen molar-refractivity contribution < 1.29 is 0 Å². The Hall–Kier alpha value is -3.24. The molecule has 4 heteroatoms. The summed E-state index contributed by atoms with van der Waals surface area (Å²) in [6, 6.07) is 18.4. The molecule has 1 fully saturated rings. The molecule has 1 N–H and O–H groups in total. The van der Waals surface area contributed by atoms with Crippen LogP contribution in [0.4, 0.5) is 0 Å². The van der Waals surface area contributed by atoms with Crippen molar-refractivity contribution in [1.29, 1.82) is 10.5 Å². The number of aromatic amines is 1. The largest absolute Gasteiger partial charge is 0.357 e. The van der Waals surface area contributed by atoms with E-state index in [0.717, 1.165) is 47.1 Å². The molecule has 1 aliphatic rings. The van der Waals surface area contributed by atoms with E-state index in [4.69, 9.17) is 5.26 Å². The molecule has 4 nitrogen and oxygen atoms in total. The Morgan fingerprint density at radius 1 is 1.04 bits per heavy atom. The highest BCUT2D eigenvalue weighted by Gasteiger charge is 2.26. The van der Waals surface area contributed by atoms with Crippen LogP contribution in [0.2, 0.25) is 0 Å². The molecule has 1 saturated heterocycles. The highest BCUT2D eigenvalue weighted by atomic mass is 15.2. The predicted molar refractivity (Wildman–Crippen MR) is 92.7 cm³/mol. The molecule has 0 unspecified atom stereocenters. The highest BCUT2D eigenvalue weighted by molar-refractivity contribution is 5.86. The van der Waals surface area contributed by atoms with Crippen LogP contribution in [0.5, 0.6) is 0 Å². The van der Waals surface area contributed by atoms with Crippen molar-refractivity contribution in [3.63, 3.8) is 0 Å². The maximum Gasteiger partial charge on any atom is 0.179 e. The van der Waals surface area contributed by atoms with Gasteiger partial charge >= 0.3 is 0 Å². The van der Waals surface area contributed by atoms with Crippen molar-refractivity contribution in [2.45, 2.75) is 18.9 Å². The molecule has 0 aliphatic carbocycles. The van der Waals surface area contributed by atoms with Crippen molar-refractivity contribution in [2.24, 2.45) is 0 Å². The maximum atomic E-state index is 9.25. The molecule has 1 atom stereocenters. The number of likely N-dealkylation sites (tertiary alicyclic amines) is 1. The number of fused-ring (bicyclic) bond motifs is 1. The van der Waals surface area contributed by atoms with E-state index in [-0.39, 0.29) is 6.04 Å². The van der Waals surface area contributed by atoms with Crippen molar-refractivity contribution in [1.82, 2.24) is 9.88 Å². The Morgan fingerprint density at radius 3 is 2.75 bits per heavy atom. The lowest BCUT2D eigenvalue weighted by atomic mass is 10.0. The van der Waals surface area contributed by atoms with E-state index >= 15 is 0 Å². The van der Waals surface area contributed by atoms with Gasteiger partial charge in [0.15, 0.2) is 6.19 Å². The van der Waals surface area contributed by atoms with Gasteiger partial charge in [-0.2, -0.15) is 10.5 Å². The van der Waals surface area contributed by atoms with Crippen LogP contribution in [-0.2, 0) is 0 Å². The number of hydrogen-bond donors (Lipinski definition) is 1. The number of nitriles is 2. The molecule has 0 radical (unpaired) electrons. The third-order valence-electron chi connectivity index (χ3n) is 4.71. The SMILES string of the molecule is N#Cc1cccc(-c2ccc3cc([C@@H]4CCCN4C#N)[nH]c3c2)c1. The topological polar surface area (TPSA) is 66.6 Å². The minimum absolute atomic E-state index is 0.160. The van der Waals surface area contributed by atoms with E-state index in [1.807, 2.05) is 29.2 Å². The normalized spacial score (nSPS) is 16.9. The average molecular weight is 312 g/mol. The van der Waals surface area contributed by atoms with Crippen LogP contribution in [0.25, 0.3) is 22.0 Å². The first-order chi connectivity index (χ1) is 11.8. The summed E-state index contributed by atoms with van der Waals surface area (Å²) in [5.41, 5.74) is 4.94. The summed E-state index contributed by atoms with van der Waals surface area (Å²) < 4.78 is 0. The number of hydrogen-bond acceptors (Lipinski definition) is 3. The zero-order valence-electron chi connectivity index (χ0n) is 13.2. The van der Waals surface area contributed by atoms with Gasteiger partial charge in [0.05, 0.1) is 17.7 Å². The van der Waals surface area contributed by atoms with E-state index in [0.29, 0.717) is 5.56 Å². The summed E-state index contributed by atoms with van der Waals surface area (Å²) in [6.07, 6.45) is 4.36. The molecule has 24 heavy (non-hydrogen) atoms. The molecular weight excluding hydrogens is 296 g/mol. The molecule has 0 amide bonds. The summed E-state index contributed by atoms with van der Waals surface area (Å²) in [5, 5.41) is 19.5. The van der Waals surface area contributed by atoms with Crippen molar-refractivity contribution in [3.8, 4) is 23.4 Å². The molecule has 0 bridgehead atoms. The zero-order chi connectivity index (χ0) is 16.5. The van der Waals surface area contributed by atoms with Crippen molar-refractivity contribution in [3.05, 3.63) is 59.8 Å². The van der Waals surface area contributed by atoms with E-state index < -0.39 is 0 Å². The van der Waals surface area contributed by atoms with E-state index in [9.17, 15) is 5.26 Å². The van der Waals surface area contributed by atoms with Gasteiger partial charge in [-0.05, 0) is 53.6 Å². The van der Waals surface area contributed by atoms with Crippen molar-refractivity contribution in [2.75, 3.05) is 6.54 Å². The van der Waals surface area contributed by atoms with Crippen LogP contribution in [0.15, 0.2) is 48.5 Å². The van der Waals surface area contributed by atoms with Crippen molar-refractivity contribution >= 4 is 10.9 Å². The van der Waals surface area contributed by atoms with Gasteiger partial charge in [-0.25, -0.2) is 0 Å². The van der Waals surface area contributed by atoms with Gasteiger partial charge in [-0.1, -0.05) is 24.3 Å². The molecule has 2 heterocycles. The first kappa shape index (κ1) is 14.4. The van der Waals surface area contributed by atoms with Gasteiger partial charge < -0.3 is 9.88 Å². The van der Waals surface area contributed by atoms with E-state index in [2.05, 4.69) is 41.5 Å². The summed E-state index contributed by atoms with van der Waals surface area (Å²) in [7, 11) is 0. The quantitative estimate of drug-likeness (QED) is 0.716. The Labute approximate surface area is 140 Å². The molecule has 3 aromatic rings. The van der Waals surface area contributed by atoms with Gasteiger partial charge in [-0.15, -0.1) is 0 Å². The first-order valence-corrected chi connectivity index (χ1v) is 8.08. The fourth-order valence-electron chi connectivity index (χ4n) is 3.49. The van der Waals surface area contributed by atoms with Crippen LogP contribution < -0.4 is 0 Å². The van der Waals surface area contributed by atoms with Gasteiger partial charge in [0, 0.05) is 17.8 Å². The van der Waals surface area contributed by atoms with Gasteiger partial charge in [-0.3, -0.25) is 0 Å². The molecular formula is C20H16N4. The molecule has 0 spiro atoms. The van der Waals surface area contributed by atoms with E-state index in [1.165, 1.54) is 0 Å². The second-order valence-electron chi connectivity index (χ2n) is 6.17. The van der Waals surface area contributed by atoms with Gasteiger partial charge in [0.25, 0.3) is 0 Å². The number of aromatic nitrogens is 1. The summed E-state index contributed by atoms with van der Waals surface area (Å²) >= 11 is 0. The van der Waals surface area contributed by atoms with Gasteiger partial charge in [0.2, 0.25) is 0 Å². The average Bonchev–Trinajstić information content (AvgIpc) is 3.26. The standard InChI is InChI=1S/C20H16N4/c21-12-14-3-1-4-15(9-14)16-6-7-17-11-19(23-18(17)10-16)20-5-2-8-24(20)13-22/h1,3-4,6-7,9-11,20,23H,2,5,8H2/t20-/m0/s1. The fourth-order valence-corrected chi connectivity index (χ4v) is 3.49. The minimum Gasteiger partial charge on any atom is -0.357 e. The Bertz CT molecular complexity index is 987. The molecule has 116 valence electrons. The number of nitrogens with zero attached hydrogens (tertiary/aromatic N) is 3. The monoisotopic (exact) mass is 312 g/mol. The van der Waals surface area contributed by atoms with Crippen LogP contribution in [0, 0.1) is 22.8 Å². The third-order valence-corrected chi connectivity index (χ3v) is 4.71. The molecule has 1 aliphatic heterocycles. The first-order valence-electron chi connectivity index (χ1n) is 8.08. The summed E-state index contributed by atoms with van der Waals surface area (Å²) in [6.45, 7) is 0.836. The second kappa shape index (κ2) is 5.76. The number of benzene rings is 2. The highest BCUT2D eigenvalue weighted by Crippen LogP contribution is 2.33. The number of rotatable bonds is 2. The van der Waals surface area contributed by atoms with E-state index in [1.54, 1.807) is 0 Å². The second-order valence-corrected chi connectivity index (χ2v) is 6.17. The van der Waals surface area contributed by atoms with Crippen LogP contribution in [0.1, 0.15) is 30.1 Å². The Balaban J connectivity index is 1.74. The predicted octanol–water partition coefficient (Wildman–Crippen LogP) is 4.32. The fraction of sp³-hybridized carbons (Fsp3) is 0.200. The summed E-state index contributed by atoms with van der Waals surface area (Å²) in [5.74, 6) is 0. The van der Waals surface area contributed by atoms with Crippen LogP contribution in [0.3, 0.4) is 0 Å². The third kappa shape index (κ3) is 2.39. The van der Waals surface area contributed by atoms with Gasteiger partial charge in [0.1, 0.15) is 0 Å². The van der Waals surface area contributed by atoms with Crippen LogP contribution >= 0.6 is 0 Å². The lowest BCUT2D eigenvalue weighted by Crippen LogP contribution is -2.17. The number of nitrogens with one attached hydrogen (secondary N) is 1. The Morgan fingerprint density at radius 2 is 1.92 bits per heavy atom. The molecule has 1 aromatic heterocycles. The molecule has 2 aromatic carbocycles. The Kier molecular flexibility index (Phi) is 3.44. The summed E-state index contributed by atoms with van der Waals surface area (Å²) in [4.78, 5) is 5.33. The number of H-pyrrole nitrogens is 1. The van der Waals surface area contributed by atoms with Crippen LogP contribution in [-0.4, -0.2) is 16.4 Å².